The average molecular weight is 553 g/mol. The summed E-state index contributed by atoms with van der Waals surface area (Å²) in [7, 11) is 0. The van der Waals surface area contributed by atoms with Gasteiger partial charge < -0.3 is 14.6 Å². The number of carbonyl (C=O) groups excluding carboxylic acids is 2. The second-order valence-corrected chi connectivity index (χ2v) is 11.8. The first-order chi connectivity index (χ1) is 19.0. The van der Waals surface area contributed by atoms with E-state index in [4.69, 9.17) is 9.47 Å². The predicted octanol–water partition coefficient (Wildman–Crippen LogP) is 9.03. The summed E-state index contributed by atoms with van der Waals surface area (Å²) in [5.41, 5.74) is 0. The van der Waals surface area contributed by atoms with Crippen molar-refractivity contribution in [3.05, 3.63) is 0 Å². The number of hydrogen-bond acceptors (Lipinski definition) is 5. The van der Waals surface area contributed by atoms with Crippen LogP contribution >= 0.6 is 0 Å². The van der Waals surface area contributed by atoms with E-state index in [-0.39, 0.29) is 12.4 Å². The number of carboxylic acids is 1. The highest BCUT2D eigenvalue weighted by Gasteiger charge is 2.42. The fourth-order valence-corrected chi connectivity index (χ4v) is 5.69. The standard InChI is InChI=1S/C33H60O6/c1-3-5-7-9-11-13-15-17-19-21-25-38-32(36)28-23-24-29(30(27-28)31(34)35)33(37)39-26-22-20-18-16-14-12-10-8-6-4-2/h28-30H,3-27H2,1-2H3,(H,34,35). The second-order valence-electron chi connectivity index (χ2n) is 11.8. The molecule has 0 radical (unpaired) electrons. The molecule has 0 bridgehead atoms. The van der Waals surface area contributed by atoms with Crippen LogP contribution in [0.3, 0.4) is 0 Å². The third-order valence-corrected chi connectivity index (χ3v) is 8.29. The molecule has 1 rings (SSSR count). The molecule has 228 valence electrons. The summed E-state index contributed by atoms with van der Waals surface area (Å²) in [6, 6.07) is 0. The summed E-state index contributed by atoms with van der Waals surface area (Å²) in [5, 5.41) is 9.73. The quantitative estimate of drug-likeness (QED) is 0.0897. The fraction of sp³-hybridized carbons (Fsp3) is 0.909. The van der Waals surface area contributed by atoms with E-state index in [1.54, 1.807) is 0 Å². The van der Waals surface area contributed by atoms with Gasteiger partial charge in [0.2, 0.25) is 0 Å². The van der Waals surface area contributed by atoms with Gasteiger partial charge in [-0.15, -0.1) is 0 Å². The highest BCUT2D eigenvalue weighted by molar-refractivity contribution is 5.83. The topological polar surface area (TPSA) is 89.9 Å². The first-order valence-electron chi connectivity index (χ1n) is 16.6. The van der Waals surface area contributed by atoms with Crippen LogP contribution in [0.5, 0.6) is 0 Å². The Kier molecular flexibility index (Phi) is 22.0. The van der Waals surface area contributed by atoms with Crippen molar-refractivity contribution in [2.75, 3.05) is 13.2 Å². The SMILES string of the molecule is CCCCCCCCCCCCOC(=O)C1CCC(C(=O)OCCCCCCCCCCCC)C(C(=O)O)C1. The molecule has 0 aliphatic heterocycles. The van der Waals surface area contributed by atoms with Gasteiger partial charge >= 0.3 is 17.9 Å². The lowest BCUT2D eigenvalue weighted by atomic mass is 9.74. The molecule has 1 saturated carbocycles. The molecule has 1 N–H and O–H groups in total. The Bertz CT molecular complexity index is 634. The van der Waals surface area contributed by atoms with Gasteiger partial charge in [0.15, 0.2) is 0 Å². The summed E-state index contributed by atoms with van der Waals surface area (Å²) in [4.78, 5) is 37.1. The number of aliphatic carboxylic acids is 1. The largest absolute Gasteiger partial charge is 0.481 e. The zero-order valence-electron chi connectivity index (χ0n) is 25.4. The third-order valence-electron chi connectivity index (χ3n) is 8.29. The van der Waals surface area contributed by atoms with E-state index in [2.05, 4.69) is 13.8 Å². The molecule has 1 fully saturated rings. The molecule has 0 amide bonds. The molecule has 0 heterocycles. The van der Waals surface area contributed by atoms with Crippen LogP contribution in [0.2, 0.25) is 0 Å². The van der Waals surface area contributed by atoms with Gasteiger partial charge in [-0.3, -0.25) is 14.4 Å². The summed E-state index contributed by atoms with van der Waals surface area (Å²) in [6.45, 7) is 5.21. The summed E-state index contributed by atoms with van der Waals surface area (Å²) in [6.07, 6.45) is 25.3. The molecule has 0 saturated heterocycles. The molecular formula is C33H60O6. The van der Waals surface area contributed by atoms with E-state index in [1.807, 2.05) is 0 Å². The number of carbonyl (C=O) groups is 3. The van der Waals surface area contributed by atoms with Gasteiger partial charge in [0.1, 0.15) is 0 Å². The number of esters is 2. The van der Waals surface area contributed by atoms with Crippen molar-refractivity contribution in [1.29, 1.82) is 0 Å². The Morgan fingerprint density at radius 1 is 0.538 bits per heavy atom. The molecule has 6 nitrogen and oxygen atoms in total. The summed E-state index contributed by atoms with van der Waals surface area (Å²) in [5.74, 6) is -3.75. The first kappa shape index (κ1) is 35.4. The van der Waals surface area contributed by atoms with Crippen LogP contribution in [0.25, 0.3) is 0 Å². The Balaban J connectivity index is 2.16. The van der Waals surface area contributed by atoms with Crippen LogP contribution in [0.4, 0.5) is 0 Å². The predicted molar refractivity (Wildman–Crippen MR) is 158 cm³/mol. The minimum Gasteiger partial charge on any atom is -0.481 e. The molecule has 39 heavy (non-hydrogen) atoms. The molecule has 0 aromatic heterocycles. The Labute approximate surface area is 239 Å². The van der Waals surface area contributed by atoms with Gasteiger partial charge in [0.25, 0.3) is 0 Å². The maximum atomic E-state index is 12.6. The molecular weight excluding hydrogens is 492 g/mol. The fourth-order valence-electron chi connectivity index (χ4n) is 5.69. The van der Waals surface area contributed by atoms with Crippen molar-refractivity contribution in [2.24, 2.45) is 17.8 Å². The second kappa shape index (κ2) is 24.2. The number of hydrogen-bond donors (Lipinski definition) is 1. The highest BCUT2D eigenvalue weighted by Crippen LogP contribution is 2.36. The van der Waals surface area contributed by atoms with Crippen molar-refractivity contribution < 1.29 is 29.0 Å². The smallest absolute Gasteiger partial charge is 0.309 e. The number of carboxylic acid groups (broad SMARTS) is 1. The summed E-state index contributed by atoms with van der Waals surface area (Å²) < 4.78 is 10.9. The molecule has 1 aliphatic rings. The van der Waals surface area contributed by atoms with E-state index in [1.165, 1.54) is 96.3 Å². The van der Waals surface area contributed by atoms with Gasteiger partial charge in [0.05, 0.1) is 31.0 Å². The van der Waals surface area contributed by atoms with Crippen LogP contribution in [0.1, 0.15) is 162 Å². The minimum absolute atomic E-state index is 0.157. The van der Waals surface area contributed by atoms with E-state index < -0.39 is 29.7 Å². The van der Waals surface area contributed by atoms with Crippen LogP contribution < -0.4 is 0 Å². The van der Waals surface area contributed by atoms with Crippen molar-refractivity contribution in [1.82, 2.24) is 0 Å². The third kappa shape index (κ3) is 17.7. The molecule has 3 atom stereocenters. The van der Waals surface area contributed by atoms with Crippen molar-refractivity contribution >= 4 is 17.9 Å². The molecule has 0 spiro atoms. The van der Waals surface area contributed by atoms with E-state index in [0.717, 1.165) is 32.1 Å². The Morgan fingerprint density at radius 2 is 0.923 bits per heavy atom. The zero-order chi connectivity index (χ0) is 28.6. The van der Waals surface area contributed by atoms with E-state index >= 15 is 0 Å². The van der Waals surface area contributed by atoms with Crippen molar-refractivity contribution in [2.45, 2.75) is 162 Å². The molecule has 6 heteroatoms. The molecule has 0 aromatic carbocycles. The van der Waals surface area contributed by atoms with Gasteiger partial charge in [-0.1, -0.05) is 129 Å². The lowest BCUT2D eigenvalue weighted by Crippen LogP contribution is -2.39. The van der Waals surface area contributed by atoms with E-state index in [9.17, 15) is 19.5 Å². The molecule has 1 aliphatic carbocycles. The maximum absolute atomic E-state index is 12.6. The normalized spacial score (nSPS) is 19.1. The summed E-state index contributed by atoms with van der Waals surface area (Å²) >= 11 is 0. The first-order valence-corrected chi connectivity index (χ1v) is 16.6. The highest BCUT2D eigenvalue weighted by atomic mass is 16.5. The Hall–Kier alpha value is -1.59. The van der Waals surface area contributed by atoms with Gasteiger partial charge in [-0.05, 0) is 32.1 Å². The average Bonchev–Trinajstić information content (AvgIpc) is 2.94. The van der Waals surface area contributed by atoms with Crippen LogP contribution in [0.15, 0.2) is 0 Å². The van der Waals surface area contributed by atoms with Gasteiger partial charge in [0, 0.05) is 0 Å². The van der Waals surface area contributed by atoms with Crippen molar-refractivity contribution in [3.63, 3.8) is 0 Å². The maximum Gasteiger partial charge on any atom is 0.309 e. The monoisotopic (exact) mass is 552 g/mol. The van der Waals surface area contributed by atoms with Gasteiger partial charge in [-0.2, -0.15) is 0 Å². The van der Waals surface area contributed by atoms with Crippen LogP contribution in [0, 0.1) is 17.8 Å². The molecule has 0 aromatic rings. The van der Waals surface area contributed by atoms with Crippen molar-refractivity contribution in [3.8, 4) is 0 Å². The minimum atomic E-state index is -1.02. The Morgan fingerprint density at radius 3 is 1.33 bits per heavy atom. The van der Waals surface area contributed by atoms with E-state index in [0.29, 0.717) is 26.1 Å². The zero-order valence-corrected chi connectivity index (χ0v) is 25.4. The van der Waals surface area contributed by atoms with Crippen LogP contribution in [-0.4, -0.2) is 36.2 Å². The number of unbranched alkanes of at least 4 members (excludes halogenated alkanes) is 18. The lowest BCUT2D eigenvalue weighted by Gasteiger charge is -2.31. The number of rotatable bonds is 25. The number of ether oxygens (including phenoxy) is 2. The van der Waals surface area contributed by atoms with Crippen LogP contribution in [-0.2, 0) is 23.9 Å². The molecule has 3 unspecified atom stereocenters. The van der Waals surface area contributed by atoms with Gasteiger partial charge in [-0.25, -0.2) is 0 Å². The lowest BCUT2D eigenvalue weighted by molar-refractivity contribution is -0.164.